The fraction of sp³-hybridized carbons (Fsp3) is 0.900. The zero-order valence-corrected chi connectivity index (χ0v) is 16.9. The van der Waals surface area contributed by atoms with Gasteiger partial charge in [0.1, 0.15) is 0 Å². The lowest BCUT2D eigenvalue weighted by Gasteiger charge is -2.36. The molecule has 6 nitrogen and oxygen atoms in total. The average molecular weight is 366 g/mol. The van der Waals surface area contributed by atoms with E-state index in [1.54, 1.807) is 0 Å². The quantitative estimate of drug-likeness (QED) is 0.373. The van der Waals surface area contributed by atoms with Gasteiger partial charge in [-0.3, -0.25) is 14.7 Å². The van der Waals surface area contributed by atoms with E-state index in [2.05, 4.69) is 39.3 Å². The number of guanidine groups is 1. The predicted molar refractivity (Wildman–Crippen MR) is 108 cm³/mol. The number of aliphatic imine (C=N–C) groups is 1. The molecule has 0 aromatic carbocycles. The summed E-state index contributed by atoms with van der Waals surface area (Å²) >= 11 is 0. The Morgan fingerprint density at radius 3 is 2.42 bits per heavy atom. The van der Waals surface area contributed by atoms with E-state index in [0.29, 0.717) is 11.8 Å². The van der Waals surface area contributed by atoms with Crippen molar-refractivity contribution in [3.05, 3.63) is 0 Å². The van der Waals surface area contributed by atoms with Gasteiger partial charge >= 0.3 is 0 Å². The number of hydrogen-bond acceptors (Lipinski definition) is 3. The molecule has 2 aliphatic rings. The van der Waals surface area contributed by atoms with Crippen molar-refractivity contribution in [2.24, 2.45) is 10.9 Å². The Hall–Kier alpha value is -1.30. The highest BCUT2D eigenvalue weighted by molar-refractivity contribution is 5.80. The smallest absolute Gasteiger partial charge is 0.225 e. The number of unbranched alkanes of at least 4 members (excludes halogenated alkanes) is 2. The molecule has 0 bridgehead atoms. The minimum atomic E-state index is 0.315. The van der Waals surface area contributed by atoms with E-state index >= 15 is 0 Å². The second-order valence-electron chi connectivity index (χ2n) is 7.54. The average Bonchev–Trinajstić information content (AvgIpc) is 3.20. The van der Waals surface area contributed by atoms with Gasteiger partial charge in [-0.1, -0.05) is 32.6 Å². The Labute approximate surface area is 159 Å². The van der Waals surface area contributed by atoms with E-state index in [1.807, 2.05) is 0 Å². The van der Waals surface area contributed by atoms with Gasteiger partial charge < -0.3 is 15.5 Å². The highest BCUT2D eigenvalue weighted by Crippen LogP contribution is 2.26. The summed E-state index contributed by atoms with van der Waals surface area (Å²) in [5.41, 5.74) is 0. The topological polar surface area (TPSA) is 60.0 Å². The lowest BCUT2D eigenvalue weighted by molar-refractivity contribution is -0.137. The predicted octanol–water partition coefficient (Wildman–Crippen LogP) is 2.07. The third-order valence-electron chi connectivity index (χ3n) is 5.48. The summed E-state index contributed by atoms with van der Waals surface area (Å²) in [6, 6.07) is 0. The van der Waals surface area contributed by atoms with Crippen LogP contribution in [0.15, 0.2) is 4.99 Å². The van der Waals surface area contributed by atoms with Crippen LogP contribution < -0.4 is 10.6 Å². The number of amides is 1. The molecule has 2 fully saturated rings. The number of hydrogen-bond donors (Lipinski definition) is 2. The molecule has 2 N–H and O–H groups in total. The molecular formula is C20H39N5O. The number of rotatable bonds is 9. The third kappa shape index (κ3) is 7.14. The van der Waals surface area contributed by atoms with Crippen LogP contribution in [0.25, 0.3) is 0 Å². The lowest BCUT2D eigenvalue weighted by atomic mass is 10.1. The van der Waals surface area contributed by atoms with Crippen LogP contribution in [-0.4, -0.2) is 74.0 Å². The Morgan fingerprint density at radius 2 is 1.77 bits per heavy atom. The van der Waals surface area contributed by atoms with E-state index in [9.17, 15) is 4.79 Å². The molecule has 150 valence electrons. The van der Waals surface area contributed by atoms with Crippen LogP contribution >= 0.6 is 0 Å². The Bertz CT molecular complexity index is 426. The monoisotopic (exact) mass is 365 g/mol. The van der Waals surface area contributed by atoms with Gasteiger partial charge in [-0.15, -0.1) is 0 Å². The Kier molecular flexibility index (Phi) is 9.82. The largest absolute Gasteiger partial charge is 0.357 e. The Morgan fingerprint density at radius 1 is 1.04 bits per heavy atom. The molecule has 0 aromatic rings. The molecule has 0 unspecified atom stereocenters. The van der Waals surface area contributed by atoms with Crippen molar-refractivity contribution in [3.63, 3.8) is 0 Å². The molecule has 0 atom stereocenters. The maximum Gasteiger partial charge on any atom is 0.225 e. The van der Waals surface area contributed by atoms with E-state index in [-0.39, 0.29) is 0 Å². The molecular weight excluding hydrogens is 326 g/mol. The molecule has 1 aliphatic heterocycles. The number of piperazine rings is 1. The zero-order valence-electron chi connectivity index (χ0n) is 16.9. The normalized spacial score (nSPS) is 19.8. The van der Waals surface area contributed by atoms with Gasteiger partial charge in [-0.2, -0.15) is 0 Å². The summed E-state index contributed by atoms with van der Waals surface area (Å²) in [5, 5.41) is 6.76. The first-order valence-electron chi connectivity index (χ1n) is 10.8. The van der Waals surface area contributed by atoms with Crippen LogP contribution in [0.5, 0.6) is 0 Å². The summed E-state index contributed by atoms with van der Waals surface area (Å²) in [4.78, 5) is 21.7. The van der Waals surface area contributed by atoms with Gasteiger partial charge in [0.2, 0.25) is 5.91 Å². The van der Waals surface area contributed by atoms with Gasteiger partial charge in [0.15, 0.2) is 5.96 Å². The summed E-state index contributed by atoms with van der Waals surface area (Å²) in [6.07, 6.45) is 8.30. The molecule has 1 amide bonds. The summed E-state index contributed by atoms with van der Waals surface area (Å²) in [5.74, 6) is 1.65. The number of carbonyl (C=O) groups is 1. The van der Waals surface area contributed by atoms with Crippen molar-refractivity contribution in [1.29, 1.82) is 0 Å². The summed E-state index contributed by atoms with van der Waals surface area (Å²) in [6.45, 7) is 11.8. The maximum atomic E-state index is 12.5. The first kappa shape index (κ1) is 21.0. The third-order valence-corrected chi connectivity index (χ3v) is 5.48. The second-order valence-corrected chi connectivity index (χ2v) is 7.54. The number of nitrogens with one attached hydrogen (secondary N) is 2. The molecule has 0 spiro atoms. The molecule has 1 saturated carbocycles. The van der Waals surface area contributed by atoms with Gasteiger partial charge in [0.25, 0.3) is 0 Å². The fourth-order valence-corrected chi connectivity index (χ4v) is 3.85. The van der Waals surface area contributed by atoms with Crippen LogP contribution in [0, 0.1) is 5.92 Å². The zero-order chi connectivity index (χ0) is 18.6. The standard InChI is InChI=1S/C20H39N5O/c1-3-5-8-11-22-20(21-4-2)23-12-13-24-14-16-25(17-15-24)19(26)18-9-6-7-10-18/h18H,3-17H2,1-2H3,(H2,21,22,23). The van der Waals surface area contributed by atoms with Gasteiger partial charge in [-0.25, -0.2) is 0 Å². The molecule has 0 aromatic heterocycles. The van der Waals surface area contributed by atoms with Crippen LogP contribution in [0.1, 0.15) is 58.8 Å². The molecule has 1 saturated heterocycles. The van der Waals surface area contributed by atoms with E-state index in [4.69, 9.17) is 0 Å². The second kappa shape index (κ2) is 12.2. The van der Waals surface area contributed by atoms with Gasteiger partial charge in [0, 0.05) is 58.3 Å². The number of carbonyl (C=O) groups excluding carboxylic acids is 1. The van der Waals surface area contributed by atoms with Crippen LogP contribution in [-0.2, 0) is 4.79 Å². The van der Waals surface area contributed by atoms with E-state index < -0.39 is 0 Å². The van der Waals surface area contributed by atoms with Crippen molar-refractivity contribution < 1.29 is 4.79 Å². The molecule has 0 radical (unpaired) electrons. The van der Waals surface area contributed by atoms with E-state index in [1.165, 1.54) is 25.7 Å². The Balaban J connectivity index is 1.63. The maximum absolute atomic E-state index is 12.5. The first-order valence-corrected chi connectivity index (χ1v) is 10.8. The molecule has 1 aliphatic carbocycles. The highest BCUT2D eigenvalue weighted by atomic mass is 16.2. The van der Waals surface area contributed by atoms with Crippen molar-refractivity contribution in [3.8, 4) is 0 Å². The lowest BCUT2D eigenvalue weighted by Crippen LogP contribution is -2.51. The highest BCUT2D eigenvalue weighted by Gasteiger charge is 2.29. The molecule has 2 rings (SSSR count). The van der Waals surface area contributed by atoms with Crippen molar-refractivity contribution >= 4 is 11.9 Å². The molecule has 1 heterocycles. The van der Waals surface area contributed by atoms with Gasteiger partial charge in [-0.05, 0) is 26.2 Å². The van der Waals surface area contributed by atoms with Gasteiger partial charge in [0.05, 0.1) is 0 Å². The van der Waals surface area contributed by atoms with Crippen molar-refractivity contribution in [2.45, 2.75) is 58.8 Å². The van der Waals surface area contributed by atoms with Crippen LogP contribution in [0.2, 0.25) is 0 Å². The minimum Gasteiger partial charge on any atom is -0.357 e. The molecule has 26 heavy (non-hydrogen) atoms. The van der Waals surface area contributed by atoms with E-state index in [0.717, 1.165) is 77.6 Å². The first-order chi connectivity index (χ1) is 12.7. The van der Waals surface area contributed by atoms with Crippen LogP contribution in [0.3, 0.4) is 0 Å². The van der Waals surface area contributed by atoms with Crippen LogP contribution in [0.4, 0.5) is 0 Å². The molecule has 6 heteroatoms. The van der Waals surface area contributed by atoms with Crippen molar-refractivity contribution in [2.75, 3.05) is 52.4 Å². The number of nitrogens with zero attached hydrogens (tertiary/aromatic N) is 3. The van der Waals surface area contributed by atoms with Crippen molar-refractivity contribution in [1.82, 2.24) is 20.4 Å². The summed E-state index contributed by atoms with van der Waals surface area (Å²) < 4.78 is 0. The summed E-state index contributed by atoms with van der Waals surface area (Å²) in [7, 11) is 0. The minimum absolute atomic E-state index is 0.315. The fourth-order valence-electron chi connectivity index (χ4n) is 3.85. The SMILES string of the molecule is CCCCCN=C(NCC)NCCN1CCN(C(=O)C2CCCC2)CC1.